The van der Waals surface area contributed by atoms with Crippen LogP contribution in [0, 0.1) is 0 Å². The lowest BCUT2D eigenvalue weighted by atomic mass is 9.91. The van der Waals surface area contributed by atoms with E-state index in [1.807, 2.05) is 12.1 Å². The van der Waals surface area contributed by atoms with E-state index >= 15 is 0 Å². The molecular weight excluding hydrogens is 408 g/mol. The highest BCUT2D eigenvalue weighted by Crippen LogP contribution is 2.29. The van der Waals surface area contributed by atoms with Crippen molar-refractivity contribution in [2.45, 2.75) is 31.5 Å². The van der Waals surface area contributed by atoms with Crippen molar-refractivity contribution in [3.05, 3.63) is 83.4 Å². The second kappa shape index (κ2) is 9.51. The molecule has 0 amide bonds. The van der Waals surface area contributed by atoms with E-state index in [9.17, 15) is 9.59 Å². The van der Waals surface area contributed by atoms with Gasteiger partial charge < -0.3 is 9.47 Å². The van der Waals surface area contributed by atoms with Crippen LogP contribution in [0.1, 0.15) is 40.0 Å². The summed E-state index contributed by atoms with van der Waals surface area (Å²) in [4.78, 5) is 25.0. The number of carbonyl (C=O) groups is 2. The number of rotatable bonds is 6. The monoisotopic (exact) mass is 428 g/mol. The quantitative estimate of drug-likeness (QED) is 0.371. The Labute approximate surface area is 167 Å². The van der Waals surface area contributed by atoms with Crippen LogP contribution in [0.25, 0.3) is 0 Å². The van der Waals surface area contributed by atoms with Crippen LogP contribution in [0.4, 0.5) is 0 Å². The van der Waals surface area contributed by atoms with Crippen LogP contribution in [-0.4, -0.2) is 29.5 Å². The highest BCUT2D eigenvalue weighted by Gasteiger charge is 2.34. The molecule has 5 heteroatoms. The van der Waals surface area contributed by atoms with Crippen LogP contribution in [0.15, 0.2) is 72.3 Å². The first-order valence-corrected chi connectivity index (χ1v) is 10.1. The maximum absolute atomic E-state index is 12.6. The van der Waals surface area contributed by atoms with Gasteiger partial charge in [0, 0.05) is 5.33 Å². The molecule has 4 nitrogen and oxygen atoms in total. The number of carbonyl (C=O) groups excluding carboxylic acids is 2. The first-order chi connectivity index (χ1) is 13.2. The molecule has 3 rings (SSSR count). The molecule has 140 valence electrons. The van der Waals surface area contributed by atoms with Crippen molar-refractivity contribution >= 4 is 27.9 Å². The van der Waals surface area contributed by atoms with E-state index in [1.165, 1.54) is 0 Å². The molecule has 2 aromatic rings. The Morgan fingerprint density at radius 2 is 1.44 bits per heavy atom. The highest BCUT2D eigenvalue weighted by atomic mass is 79.9. The minimum absolute atomic E-state index is 0.401. The van der Waals surface area contributed by atoms with Crippen LogP contribution in [0.5, 0.6) is 0 Å². The van der Waals surface area contributed by atoms with E-state index in [2.05, 4.69) is 22.0 Å². The zero-order valence-electron chi connectivity index (χ0n) is 14.8. The molecule has 0 radical (unpaired) electrons. The fourth-order valence-corrected chi connectivity index (χ4v) is 3.56. The molecule has 1 aliphatic rings. The van der Waals surface area contributed by atoms with Gasteiger partial charge >= 0.3 is 11.9 Å². The molecule has 0 N–H and O–H groups in total. The van der Waals surface area contributed by atoms with E-state index in [4.69, 9.17) is 9.47 Å². The summed E-state index contributed by atoms with van der Waals surface area (Å²) in [6.07, 6.45) is 3.15. The van der Waals surface area contributed by atoms with Crippen LogP contribution < -0.4 is 0 Å². The Balaban J connectivity index is 1.77. The number of hydrogen-bond acceptors (Lipinski definition) is 4. The lowest BCUT2D eigenvalue weighted by molar-refractivity contribution is -0.0301. The summed E-state index contributed by atoms with van der Waals surface area (Å²) < 4.78 is 11.5. The highest BCUT2D eigenvalue weighted by molar-refractivity contribution is 9.09. The zero-order valence-corrected chi connectivity index (χ0v) is 16.4. The smallest absolute Gasteiger partial charge is 0.338 e. The van der Waals surface area contributed by atoms with Gasteiger partial charge in [-0.25, -0.2) is 9.59 Å². The Hall–Kier alpha value is -2.40. The van der Waals surface area contributed by atoms with Crippen LogP contribution in [0.3, 0.4) is 0 Å². The molecule has 0 bridgehead atoms. The fourth-order valence-electron chi connectivity index (χ4n) is 3.10. The van der Waals surface area contributed by atoms with Gasteiger partial charge in [-0.15, -0.1) is 0 Å². The molecular formula is C22H21BrO4. The number of halogens is 1. The van der Waals surface area contributed by atoms with E-state index in [1.54, 1.807) is 48.5 Å². The third kappa shape index (κ3) is 5.07. The second-order valence-corrected chi connectivity index (χ2v) is 7.09. The Morgan fingerprint density at radius 1 is 0.889 bits per heavy atom. The van der Waals surface area contributed by atoms with Crippen molar-refractivity contribution in [2.75, 3.05) is 5.33 Å². The predicted molar refractivity (Wildman–Crippen MR) is 107 cm³/mol. The largest absolute Gasteiger partial charge is 0.454 e. The molecule has 2 aromatic carbocycles. The summed E-state index contributed by atoms with van der Waals surface area (Å²) in [6, 6.07) is 17.7. The summed E-state index contributed by atoms with van der Waals surface area (Å²) in [7, 11) is 0. The summed E-state index contributed by atoms with van der Waals surface area (Å²) in [5.74, 6) is -0.815. The van der Waals surface area contributed by atoms with Crippen molar-refractivity contribution < 1.29 is 19.1 Å². The first kappa shape index (κ1) is 19.4. The lowest BCUT2D eigenvalue weighted by Gasteiger charge is -2.32. The van der Waals surface area contributed by atoms with Crippen molar-refractivity contribution in [1.29, 1.82) is 0 Å². The van der Waals surface area contributed by atoms with Gasteiger partial charge in [0.25, 0.3) is 0 Å². The third-order valence-electron chi connectivity index (χ3n) is 4.46. The number of hydrogen-bond donors (Lipinski definition) is 0. The molecule has 0 spiro atoms. The Bertz CT molecular complexity index is 802. The van der Waals surface area contributed by atoms with Crippen molar-refractivity contribution in [2.24, 2.45) is 0 Å². The minimum atomic E-state index is -0.573. The number of benzene rings is 2. The van der Waals surface area contributed by atoms with E-state index in [0.717, 1.165) is 23.7 Å². The molecule has 0 saturated heterocycles. The summed E-state index contributed by atoms with van der Waals surface area (Å²) in [5.41, 5.74) is 1.95. The number of esters is 2. The van der Waals surface area contributed by atoms with Gasteiger partial charge in [-0.3, -0.25) is 0 Å². The predicted octanol–water partition coefficient (Wildman–Crippen LogP) is 4.94. The van der Waals surface area contributed by atoms with Crippen LogP contribution in [-0.2, 0) is 9.47 Å². The maximum Gasteiger partial charge on any atom is 0.338 e. The fraction of sp³-hybridized carbons (Fsp3) is 0.273. The van der Waals surface area contributed by atoms with Gasteiger partial charge in [-0.1, -0.05) is 58.4 Å². The van der Waals surface area contributed by atoms with Gasteiger partial charge in [0.1, 0.15) is 6.10 Å². The van der Waals surface area contributed by atoms with Crippen molar-refractivity contribution in [3.8, 4) is 0 Å². The van der Waals surface area contributed by atoms with Crippen LogP contribution >= 0.6 is 15.9 Å². The topological polar surface area (TPSA) is 52.6 Å². The first-order valence-electron chi connectivity index (χ1n) is 8.96. The molecule has 0 heterocycles. The summed E-state index contributed by atoms with van der Waals surface area (Å²) >= 11 is 3.44. The number of ether oxygens (including phenoxy) is 2. The molecule has 2 atom stereocenters. The van der Waals surface area contributed by atoms with Gasteiger partial charge in [-0.05, 0) is 49.1 Å². The van der Waals surface area contributed by atoms with E-state index in [-0.39, 0.29) is 0 Å². The molecule has 0 aliphatic heterocycles. The lowest BCUT2D eigenvalue weighted by Crippen LogP contribution is -2.39. The van der Waals surface area contributed by atoms with Gasteiger partial charge in [-0.2, -0.15) is 0 Å². The number of alkyl halides is 1. The standard InChI is InChI=1S/C22H21BrO4/c23-15-14-16-12-7-13-19(26-21(24)17-8-3-1-4-9-17)20(16)27-22(25)18-10-5-2-6-11-18/h1-6,8-12,19-20H,7,13-15H2/t19-,20+/m0/s1. The van der Waals surface area contributed by atoms with E-state index < -0.39 is 24.1 Å². The third-order valence-corrected chi connectivity index (χ3v) is 4.85. The van der Waals surface area contributed by atoms with E-state index in [0.29, 0.717) is 17.5 Å². The second-order valence-electron chi connectivity index (χ2n) is 6.30. The van der Waals surface area contributed by atoms with Crippen LogP contribution in [0.2, 0.25) is 0 Å². The molecule has 0 aromatic heterocycles. The van der Waals surface area contributed by atoms with Gasteiger partial charge in [0.2, 0.25) is 0 Å². The average Bonchev–Trinajstić information content (AvgIpc) is 2.71. The molecule has 27 heavy (non-hydrogen) atoms. The SMILES string of the molecule is O=C(O[C@H]1CCC=C(CCBr)[C@H]1OC(=O)c1ccccc1)c1ccccc1. The minimum Gasteiger partial charge on any atom is -0.454 e. The zero-order chi connectivity index (χ0) is 19.1. The van der Waals surface area contributed by atoms with Gasteiger partial charge in [0.15, 0.2) is 6.10 Å². The number of allylic oxidation sites excluding steroid dienone is 1. The van der Waals surface area contributed by atoms with Crippen molar-refractivity contribution in [3.63, 3.8) is 0 Å². The maximum atomic E-state index is 12.6. The average molecular weight is 429 g/mol. The molecule has 1 aliphatic carbocycles. The molecule has 0 unspecified atom stereocenters. The molecule has 0 fully saturated rings. The van der Waals surface area contributed by atoms with Crippen molar-refractivity contribution in [1.82, 2.24) is 0 Å². The van der Waals surface area contributed by atoms with Gasteiger partial charge in [0.05, 0.1) is 11.1 Å². The summed E-state index contributed by atoms with van der Waals surface area (Å²) in [6.45, 7) is 0. The molecule has 0 saturated carbocycles. The Morgan fingerprint density at radius 3 is 2.00 bits per heavy atom. The Kier molecular flexibility index (Phi) is 6.82. The normalized spacial score (nSPS) is 19.1. The summed E-state index contributed by atoms with van der Waals surface area (Å²) in [5, 5.41) is 0.748.